The van der Waals surface area contributed by atoms with Crippen LogP contribution in [0.15, 0.2) is 48.8 Å². The Kier molecular flexibility index (Phi) is 3.77. The Hall–Kier alpha value is -1.76. The van der Waals surface area contributed by atoms with E-state index >= 15 is 0 Å². The molecule has 0 aliphatic carbocycles. The number of rotatable bonds is 3. The van der Waals surface area contributed by atoms with Gasteiger partial charge in [0.25, 0.3) is 0 Å². The summed E-state index contributed by atoms with van der Waals surface area (Å²) in [5.41, 5.74) is 1.49. The fraction of sp³-hybridized carbons (Fsp3) is 0.0667. The molecule has 0 aliphatic rings. The van der Waals surface area contributed by atoms with Crippen molar-refractivity contribution < 1.29 is 4.39 Å². The smallest absolute Gasteiger partial charge is 0.137 e. The first-order chi connectivity index (χ1) is 9.74. The second-order valence-corrected chi connectivity index (χ2v) is 5.57. The van der Waals surface area contributed by atoms with Gasteiger partial charge in [-0.3, -0.25) is 0 Å². The zero-order valence-electron chi connectivity index (χ0n) is 10.5. The summed E-state index contributed by atoms with van der Waals surface area (Å²) in [5, 5.41) is 4.12. The number of hydrogen-bond donors (Lipinski definition) is 1. The van der Waals surface area contributed by atoms with Crippen LogP contribution in [0.2, 0.25) is 0 Å². The second kappa shape index (κ2) is 5.70. The van der Waals surface area contributed by atoms with Crippen LogP contribution in [-0.4, -0.2) is 9.97 Å². The summed E-state index contributed by atoms with van der Waals surface area (Å²) in [6.07, 6.45) is 1.51. The summed E-state index contributed by atoms with van der Waals surface area (Å²) in [6, 6.07) is 12.7. The van der Waals surface area contributed by atoms with Crippen LogP contribution in [-0.2, 0) is 6.54 Å². The molecule has 0 aliphatic heterocycles. The molecule has 0 fully saturated rings. The van der Waals surface area contributed by atoms with Crippen molar-refractivity contribution in [2.45, 2.75) is 6.54 Å². The SMILES string of the molecule is Fc1ccccc1CNc1ncnc2ccc(I)cc12. The molecule has 3 aromatic rings. The molecule has 0 unspecified atom stereocenters. The lowest BCUT2D eigenvalue weighted by atomic mass is 10.2. The van der Waals surface area contributed by atoms with E-state index < -0.39 is 0 Å². The van der Waals surface area contributed by atoms with Crippen LogP contribution < -0.4 is 5.32 Å². The minimum Gasteiger partial charge on any atom is -0.365 e. The van der Waals surface area contributed by atoms with Gasteiger partial charge in [-0.1, -0.05) is 18.2 Å². The van der Waals surface area contributed by atoms with E-state index in [0.29, 0.717) is 12.1 Å². The van der Waals surface area contributed by atoms with Crippen molar-refractivity contribution in [3.63, 3.8) is 0 Å². The molecule has 0 saturated heterocycles. The highest BCUT2D eigenvalue weighted by Gasteiger charge is 2.05. The largest absolute Gasteiger partial charge is 0.365 e. The Balaban J connectivity index is 1.91. The molecule has 100 valence electrons. The molecular weight excluding hydrogens is 368 g/mol. The number of fused-ring (bicyclic) bond motifs is 1. The summed E-state index contributed by atoms with van der Waals surface area (Å²) in [6.45, 7) is 0.393. The predicted molar refractivity (Wildman–Crippen MR) is 86.0 cm³/mol. The van der Waals surface area contributed by atoms with Crippen molar-refractivity contribution in [2.24, 2.45) is 0 Å². The maximum Gasteiger partial charge on any atom is 0.137 e. The van der Waals surface area contributed by atoms with Gasteiger partial charge in [-0.25, -0.2) is 14.4 Å². The minimum atomic E-state index is -0.215. The van der Waals surface area contributed by atoms with Crippen molar-refractivity contribution in [3.8, 4) is 0 Å². The van der Waals surface area contributed by atoms with E-state index in [4.69, 9.17) is 0 Å². The van der Waals surface area contributed by atoms with E-state index in [1.165, 1.54) is 12.4 Å². The average Bonchev–Trinajstić information content (AvgIpc) is 2.46. The summed E-state index contributed by atoms with van der Waals surface area (Å²) >= 11 is 2.25. The van der Waals surface area contributed by atoms with E-state index in [-0.39, 0.29) is 5.82 Å². The van der Waals surface area contributed by atoms with Gasteiger partial charge in [0, 0.05) is 21.1 Å². The number of halogens is 2. The van der Waals surface area contributed by atoms with Crippen LogP contribution in [0, 0.1) is 9.39 Å². The lowest BCUT2D eigenvalue weighted by Crippen LogP contribution is -2.04. The van der Waals surface area contributed by atoms with Crippen molar-refractivity contribution in [2.75, 3.05) is 5.32 Å². The van der Waals surface area contributed by atoms with Gasteiger partial charge in [-0.15, -0.1) is 0 Å². The first kappa shape index (κ1) is 13.2. The van der Waals surface area contributed by atoms with Crippen LogP contribution in [0.1, 0.15) is 5.56 Å². The third kappa shape index (κ3) is 2.72. The van der Waals surface area contributed by atoms with E-state index in [9.17, 15) is 4.39 Å². The van der Waals surface area contributed by atoms with Gasteiger partial charge < -0.3 is 5.32 Å². The Morgan fingerprint density at radius 3 is 2.80 bits per heavy atom. The number of nitrogens with zero attached hydrogens (tertiary/aromatic N) is 2. The summed E-state index contributed by atoms with van der Waals surface area (Å²) in [4.78, 5) is 8.47. The summed E-state index contributed by atoms with van der Waals surface area (Å²) < 4.78 is 14.7. The van der Waals surface area contributed by atoms with E-state index in [2.05, 4.69) is 37.9 Å². The molecule has 0 saturated carbocycles. The number of anilines is 1. The molecule has 3 nitrogen and oxygen atoms in total. The molecule has 1 N–H and O–H groups in total. The predicted octanol–water partition coefficient (Wildman–Crippen LogP) is 3.99. The standard InChI is InChI=1S/C15H11FIN3/c16-13-4-2-1-3-10(13)8-18-15-12-7-11(17)5-6-14(12)19-9-20-15/h1-7,9H,8H2,(H,18,19,20). The molecule has 0 atom stereocenters. The van der Waals surface area contributed by atoms with Crippen LogP contribution in [0.4, 0.5) is 10.2 Å². The van der Waals surface area contributed by atoms with Crippen molar-refractivity contribution in [3.05, 3.63) is 63.7 Å². The van der Waals surface area contributed by atoms with Crippen LogP contribution in [0.3, 0.4) is 0 Å². The average molecular weight is 379 g/mol. The topological polar surface area (TPSA) is 37.8 Å². The van der Waals surface area contributed by atoms with Gasteiger partial charge in [0.15, 0.2) is 0 Å². The molecule has 0 bridgehead atoms. The quantitative estimate of drug-likeness (QED) is 0.700. The van der Waals surface area contributed by atoms with E-state index in [0.717, 1.165) is 20.3 Å². The summed E-state index contributed by atoms with van der Waals surface area (Å²) in [7, 11) is 0. The number of aromatic nitrogens is 2. The van der Waals surface area contributed by atoms with Gasteiger partial charge in [0.05, 0.1) is 5.52 Å². The van der Waals surface area contributed by atoms with Crippen molar-refractivity contribution in [1.82, 2.24) is 9.97 Å². The zero-order valence-corrected chi connectivity index (χ0v) is 12.6. The van der Waals surface area contributed by atoms with Crippen LogP contribution >= 0.6 is 22.6 Å². The highest BCUT2D eigenvalue weighted by atomic mass is 127. The number of nitrogens with one attached hydrogen (secondary N) is 1. The fourth-order valence-electron chi connectivity index (χ4n) is 1.99. The Morgan fingerprint density at radius 1 is 1.10 bits per heavy atom. The lowest BCUT2D eigenvalue weighted by molar-refractivity contribution is 0.613. The molecule has 5 heteroatoms. The maximum atomic E-state index is 13.6. The molecule has 3 rings (SSSR count). The minimum absolute atomic E-state index is 0.215. The molecule has 0 amide bonds. The Labute approximate surface area is 129 Å². The van der Waals surface area contributed by atoms with E-state index in [1.807, 2.05) is 24.3 Å². The lowest BCUT2D eigenvalue weighted by Gasteiger charge is -2.09. The summed E-state index contributed by atoms with van der Waals surface area (Å²) in [5.74, 6) is 0.504. The Bertz CT molecular complexity index is 761. The third-order valence-electron chi connectivity index (χ3n) is 3.00. The van der Waals surface area contributed by atoms with E-state index in [1.54, 1.807) is 12.1 Å². The number of hydrogen-bond acceptors (Lipinski definition) is 3. The third-order valence-corrected chi connectivity index (χ3v) is 3.67. The van der Waals surface area contributed by atoms with Gasteiger partial charge >= 0.3 is 0 Å². The molecule has 20 heavy (non-hydrogen) atoms. The fourth-order valence-corrected chi connectivity index (χ4v) is 2.48. The van der Waals surface area contributed by atoms with Crippen LogP contribution in [0.25, 0.3) is 10.9 Å². The molecular formula is C15H11FIN3. The molecule has 0 spiro atoms. The highest BCUT2D eigenvalue weighted by molar-refractivity contribution is 14.1. The van der Waals surface area contributed by atoms with Crippen molar-refractivity contribution >= 4 is 39.3 Å². The maximum absolute atomic E-state index is 13.6. The van der Waals surface area contributed by atoms with Crippen molar-refractivity contribution in [1.29, 1.82) is 0 Å². The second-order valence-electron chi connectivity index (χ2n) is 4.33. The Morgan fingerprint density at radius 2 is 1.95 bits per heavy atom. The number of benzene rings is 2. The first-order valence-corrected chi connectivity index (χ1v) is 7.19. The highest BCUT2D eigenvalue weighted by Crippen LogP contribution is 2.22. The van der Waals surface area contributed by atoms with Gasteiger partial charge in [0.1, 0.15) is 18.0 Å². The molecule has 1 aromatic heterocycles. The van der Waals surface area contributed by atoms with Crippen LogP contribution in [0.5, 0.6) is 0 Å². The van der Waals surface area contributed by atoms with Gasteiger partial charge in [-0.05, 0) is 46.9 Å². The molecule has 2 aromatic carbocycles. The zero-order chi connectivity index (χ0) is 13.9. The monoisotopic (exact) mass is 379 g/mol. The first-order valence-electron chi connectivity index (χ1n) is 6.11. The molecule has 0 radical (unpaired) electrons. The van der Waals surface area contributed by atoms with Gasteiger partial charge in [0.2, 0.25) is 0 Å². The normalized spacial score (nSPS) is 10.7. The molecule has 1 heterocycles. The van der Waals surface area contributed by atoms with Gasteiger partial charge in [-0.2, -0.15) is 0 Å².